The van der Waals surface area contributed by atoms with Gasteiger partial charge in [0.1, 0.15) is 11.9 Å². The van der Waals surface area contributed by atoms with E-state index in [9.17, 15) is 14.9 Å². The largest absolute Gasteiger partial charge is 0.514 e. The zero-order chi connectivity index (χ0) is 15.5. The van der Waals surface area contributed by atoms with Gasteiger partial charge >= 0.3 is 6.16 Å². The molecule has 0 aliphatic carbocycles. The van der Waals surface area contributed by atoms with Gasteiger partial charge in [-0.2, -0.15) is 0 Å². The number of fused-ring (bicyclic) bond motifs is 1. The average molecular weight is 309 g/mol. The SMILES string of the molecule is O=C(Oc1ccc([N+](=O)[O-])cc1)O[C@H]1CCO[C@H]2OCC[C@H]21. The maximum Gasteiger partial charge on any atom is 0.514 e. The monoisotopic (exact) mass is 309 g/mol. The number of non-ortho nitro benzene ring substituents is 1. The lowest BCUT2D eigenvalue weighted by Gasteiger charge is -2.31. The van der Waals surface area contributed by atoms with Crippen molar-refractivity contribution >= 4 is 11.8 Å². The highest BCUT2D eigenvalue weighted by atomic mass is 16.7. The van der Waals surface area contributed by atoms with E-state index in [1.54, 1.807) is 0 Å². The molecule has 2 fully saturated rings. The molecule has 3 rings (SSSR count). The molecule has 118 valence electrons. The topological polar surface area (TPSA) is 97.1 Å². The molecular formula is C14H15NO7. The first-order valence-electron chi connectivity index (χ1n) is 6.99. The normalized spacial score (nSPS) is 27.0. The maximum atomic E-state index is 11.8. The summed E-state index contributed by atoms with van der Waals surface area (Å²) in [5, 5.41) is 10.6. The second-order valence-corrected chi connectivity index (χ2v) is 5.11. The van der Waals surface area contributed by atoms with Gasteiger partial charge in [0.05, 0.1) is 18.1 Å². The number of nitrogens with zero attached hydrogens (tertiary/aromatic N) is 1. The van der Waals surface area contributed by atoms with Crippen LogP contribution in [0.15, 0.2) is 24.3 Å². The van der Waals surface area contributed by atoms with Gasteiger partial charge < -0.3 is 18.9 Å². The van der Waals surface area contributed by atoms with E-state index in [0.717, 1.165) is 6.42 Å². The van der Waals surface area contributed by atoms with Gasteiger partial charge in [0.2, 0.25) is 0 Å². The van der Waals surface area contributed by atoms with Crippen LogP contribution in [0.25, 0.3) is 0 Å². The van der Waals surface area contributed by atoms with Crippen molar-refractivity contribution < 1.29 is 28.7 Å². The number of nitro groups is 1. The van der Waals surface area contributed by atoms with Crippen LogP contribution in [0.4, 0.5) is 10.5 Å². The van der Waals surface area contributed by atoms with Gasteiger partial charge in [-0.3, -0.25) is 10.1 Å². The maximum absolute atomic E-state index is 11.8. The van der Waals surface area contributed by atoms with Gasteiger partial charge in [0.25, 0.3) is 5.69 Å². The van der Waals surface area contributed by atoms with Crippen molar-refractivity contribution in [1.82, 2.24) is 0 Å². The third-order valence-corrected chi connectivity index (χ3v) is 3.74. The molecule has 22 heavy (non-hydrogen) atoms. The van der Waals surface area contributed by atoms with Crippen molar-refractivity contribution in [3.8, 4) is 5.75 Å². The van der Waals surface area contributed by atoms with Gasteiger partial charge in [-0.05, 0) is 18.6 Å². The summed E-state index contributed by atoms with van der Waals surface area (Å²) in [7, 11) is 0. The van der Waals surface area contributed by atoms with Gasteiger partial charge in [-0.1, -0.05) is 0 Å². The third kappa shape index (κ3) is 3.18. The quantitative estimate of drug-likeness (QED) is 0.365. The number of hydrogen-bond acceptors (Lipinski definition) is 7. The lowest BCUT2D eigenvalue weighted by molar-refractivity contribution is -0.384. The Labute approximate surface area is 126 Å². The smallest absolute Gasteiger partial charge is 0.430 e. The lowest BCUT2D eigenvalue weighted by Crippen LogP contribution is -2.40. The molecule has 1 aromatic carbocycles. The average Bonchev–Trinajstić information content (AvgIpc) is 2.97. The molecule has 2 aliphatic rings. The molecule has 2 aliphatic heterocycles. The zero-order valence-electron chi connectivity index (χ0n) is 11.7. The van der Waals surface area contributed by atoms with E-state index >= 15 is 0 Å². The van der Waals surface area contributed by atoms with Gasteiger partial charge in [0.15, 0.2) is 6.29 Å². The predicted molar refractivity (Wildman–Crippen MR) is 72.4 cm³/mol. The number of nitro benzene ring substituents is 1. The zero-order valence-corrected chi connectivity index (χ0v) is 11.7. The number of ether oxygens (including phenoxy) is 4. The second kappa shape index (κ2) is 6.29. The highest BCUT2D eigenvalue weighted by molar-refractivity contribution is 5.64. The minimum atomic E-state index is -0.827. The number of hydrogen-bond donors (Lipinski definition) is 0. The highest BCUT2D eigenvalue weighted by Crippen LogP contribution is 2.32. The van der Waals surface area contributed by atoms with Crippen LogP contribution in [0.1, 0.15) is 12.8 Å². The second-order valence-electron chi connectivity index (χ2n) is 5.11. The molecule has 0 radical (unpaired) electrons. The van der Waals surface area contributed by atoms with Crippen molar-refractivity contribution in [2.45, 2.75) is 25.2 Å². The molecule has 1 aromatic rings. The van der Waals surface area contributed by atoms with Crippen molar-refractivity contribution in [3.63, 3.8) is 0 Å². The van der Waals surface area contributed by atoms with Crippen LogP contribution in [0.5, 0.6) is 5.75 Å². The number of rotatable bonds is 3. The van der Waals surface area contributed by atoms with Crippen LogP contribution in [0.3, 0.4) is 0 Å². The Hall–Kier alpha value is -2.19. The fourth-order valence-electron chi connectivity index (χ4n) is 2.65. The van der Waals surface area contributed by atoms with E-state index in [-0.39, 0.29) is 29.7 Å². The minimum Gasteiger partial charge on any atom is -0.430 e. The Morgan fingerprint density at radius 3 is 2.55 bits per heavy atom. The summed E-state index contributed by atoms with van der Waals surface area (Å²) in [5.74, 6) is 0.222. The molecular weight excluding hydrogens is 294 g/mol. The summed E-state index contributed by atoms with van der Waals surface area (Å²) in [6.45, 7) is 1.06. The molecule has 0 aromatic heterocycles. The minimum absolute atomic E-state index is 0.0261. The molecule has 0 N–H and O–H groups in total. The van der Waals surface area contributed by atoms with Crippen LogP contribution in [-0.2, 0) is 14.2 Å². The van der Waals surface area contributed by atoms with Crippen LogP contribution < -0.4 is 4.74 Å². The molecule has 0 saturated carbocycles. The summed E-state index contributed by atoms with van der Waals surface area (Å²) in [5.41, 5.74) is -0.0731. The van der Waals surface area contributed by atoms with Crippen molar-refractivity contribution in [2.24, 2.45) is 5.92 Å². The standard InChI is InChI=1S/C14H15NO7/c16-14(21-10-3-1-9(2-4-10)15(17)18)22-12-6-8-20-13-11(12)5-7-19-13/h1-4,11-13H,5-8H2/t11-,12-,13+/m0/s1. The Balaban J connectivity index is 1.56. The first-order chi connectivity index (χ1) is 10.6. The molecule has 0 bridgehead atoms. The highest BCUT2D eigenvalue weighted by Gasteiger charge is 2.41. The van der Waals surface area contributed by atoms with E-state index in [1.807, 2.05) is 0 Å². The third-order valence-electron chi connectivity index (χ3n) is 3.74. The van der Waals surface area contributed by atoms with E-state index in [4.69, 9.17) is 18.9 Å². The number of carbonyl (C=O) groups excluding carboxylic acids is 1. The molecule has 2 saturated heterocycles. The van der Waals surface area contributed by atoms with Crippen LogP contribution in [0, 0.1) is 16.0 Å². The van der Waals surface area contributed by atoms with Crippen molar-refractivity contribution in [3.05, 3.63) is 34.4 Å². The van der Waals surface area contributed by atoms with Crippen molar-refractivity contribution in [2.75, 3.05) is 13.2 Å². The Kier molecular flexibility index (Phi) is 4.21. The van der Waals surface area contributed by atoms with E-state index in [1.165, 1.54) is 24.3 Å². The summed E-state index contributed by atoms with van der Waals surface area (Å²) >= 11 is 0. The van der Waals surface area contributed by atoms with Gasteiger partial charge in [0, 0.05) is 24.5 Å². The van der Waals surface area contributed by atoms with Crippen LogP contribution in [-0.4, -0.2) is 36.7 Å². The summed E-state index contributed by atoms with van der Waals surface area (Å²) in [4.78, 5) is 21.9. The first kappa shape index (κ1) is 14.7. The van der Waals surface area contributed by atoms with Crippen LogP contribution >= 0.6 is 0 Å². The molecule has 8 heteroatoms. The fourth-order valence-corrected chi connectivity index (χ4v) is 2.65. The van der Waals surface area contributed by atoms with Gasteiger partial charge in [-0.15, -0.1) is 0 Å². The van der Waals surface area contributed by atoms with Crippen LogP contribution in [0.2, 0.25) is 0 Å². The summed E-state index contributed by atoms with van der Waals surface area (Å²) in [6, 6.07) is 5.23. The Bertz CT molecular complexity index is 559. The van der Waals surface area contributed by atoms with Gasteiger partial charge in [-0.25, -0.2) is 4.79 Å². The predicted octanol–water partition coefficient (Wildman–Crippen LogP) is 2.26. The summed E-state index contributed by atoms with van der Waals surface area (Å²) < 4.78 is 21.2. The fraction of sp³-hybridized carbons (Fsp3) is 0.500. The number of benzene rings is 1. The molecule has 0 unspecified atom stereocenters. The van der Waals surface area contributed by atoms with E-state index in [2.05, 4.69) is 0 Å². The Morgan fingerprint density at radius 2 is 1.86 bits per heavy atom. The van der Waals surface area contributed by atoms with E-state index in [0.29, 0.717) is 19.6 Å². The van der Waals surface area contributed by atoms with Crippen molar-refractivity contribution in [1.29, 1.82) is 0 Å². The molecule has 0 spiro atoms. The molecule has 0 amide bonds. The number of carbonyl (C=O) groups is 1. The lowest BCUT2D eigenvalue weighted by atomic mass is 9.96. The molecule has 8 nitrogen and oxygen atoms in total. The molecule has 2 heterocycles. The summed E-state index contributed by atoms with van der Waals surface area (Å²) in [6.07, 6.45) is -0.0656. The first-order valence-corrected chi connectivity index (χ1v) is 6.99. The molecule has 3 atom stereocenters. The Morgan fingerprint density at radius 1 is 1.18 bits per heavy atom. The van der Waals surface area contributed by atoms with E-state index < -0.39 is 11.1 Å².